The topological polar surface area (TPSA) is 75.5 Å². The molecule has 172 valence electrons. The average Bonchev–Trinajstić information content (AvgIpc) is 3.39. The number of benzene rings is 1. The molecule has 0 saturated heterocycles. The highest BCUT2D eigenvalue weighted by molar-refractivity contribution is 7.15. The Bertz CT molecular complexity index is 1110. The minimum atomic E-state index is -0.108. The molecule has 4 saturated carbocycles. The van der Waals surface area contributed by atoms with E-state index in [2.05, 4.69) is 15.6 Å². The molecular formula is C26H30N4O2S. The molecule has 4 aliphatic carbocycles. The maximum Gasteiger partial charge on any atom is 0.226 e. The van der Waals surface area contributed by atoms with Crippen molar-refractivity contribution >= 4 is 33.8 Å². The van der Waals surface area contributed by atoms with Gasteiger partial charge in [0.15, 0.2) is 4.96 Å². The number of fused-ring (bicyclic) bond motifs is 1. The highest BCUT2D eigenvalue weighted by atomic mass is 32.1. The van der Waals surface area contributed by atoms with Gasteiger partial charge in [0.25, 0.3) is 0 Å². The second kappa shape index (κ2) is 8.28. The molecule has 0 radical (unpaired) electrons. The average molecular weight is 463 g/mol. The molecule has 7 heteroatoms. The van der Waals surface area contributed by atoms with E-state index in [1.807, 2.05) is 46.4 Å². The molecule has 0 atom stereocenters. The van der Waals surface area contributed by atoms with Crippen LogP contribution in [0.15, 0.2) is 42.0 Å². The van der Waals surface area contributed by atoms with Crippen LogP contribution in [0.2, 0.25) is 0 Å². The first-order valence-corrected chi connectivity index (χ1v) is 13.1. The Labute approximate surface area is 197 Å². The van der Waals surface area contributed by atoms with Crippen molar-refractivity contribution < 1.29 is 9.59 Å². The fourth-order valence-electron chi connectivity index (χ4n) is 6.84. The SMILES string of the molecule is O=C(CCCNC(=O)C12CC3CC(CC(C3)C1)C2)Nc1ccc(-c2cn3ccsc3n2)cc1. The molecule has 2 N–H and O–H groups in total. The van der Waals surface area contributed by atoms with Crippen LogP contribution in [0.4, 0.5) is 5.69 Å². The maximum absolute atomic E-state index is 13.0. The lowest BCUT2D eigenvalue weighted by atomic mass is 9.49. The van der Waals surface area contributed by atoms with Gasteiger partial charge in [0, 0.05) is 47.4 Å². The van der Waals surface area contributed by atoms with Crippen molar-refractivity contribution in [2.75, 3.05) is 11.9 Å². The van der Waals surface area contributed by atoms with Crippen LogP contribution in [0.3, 0.4) is 0 Å². The highest BCUT2D eigenvalue weighted by Crippen LogP contribution is 2.60. The minimum Gasteiger partial charge on any atom is -0.356 e. The van der Waals surface area contributed by atoms with E-state index in [4.69, 9.17) is 0 Å². The molecule has 3 aromatic rings. The van der Waals surface area contributed by atoms with Crippen LogP contribution in [0, 0.1) is 23.2 Å². The second-order valence-electron chi connectivity index (χ2n) is 10.4. The van der Waals surface area contributed by atoms with Gasteiger partial charge >= 0.3 is 0 Å². The highest BCUT2D eigenvalue weighted by Gasteiger charge is 2.54. The van der Waals surface area contributed by atoms with Crippen molar-refractivity contribution in [2.45, 2.75) is 51.4 Å². The van der Waals surface area contributed by atoms with Crippen LogP contribution >= 0.6 is 11.3 Å². The molecule has 4 aliphatic rings. The normalized spacial score (nSPS) is 27.7. The molecule has 4 bridgehead atoms. The number of thiazole rings is 1. The number of amides is 2. The third-order valence-electron chi connectivity index (χ3n) is 7.94. The summed E-state index contributed by atoms with van der Waals surface area (Å²) in [6, 6.07) is 7.78. The van der Waals surface area contributed by atoms with Gasteiger partial charge in [-0.3, -0.25) is 14.0 Å². The van der Waals surface area contributed by atoms with Crippen LogP contribution in [-0.2, 0) is 9.59 Å². The van der Waals surface area contributed by atoms with E-state index in [0.29, 0.717) is 19.4 Å². The van der Waals surface area contributed by atoms with Gasteiger partial charge in [0.2, 0.25) is 11.8 Å². The van der Waals surface area contributed by atoms with E-state index in [-0.39, 0.29) is 17.2 Å². The van der Waals surface area contributed by atoms with Crippen LogP contribution in [-0.4, -0.2) is 27.7 Å². The molecule has 0 unspecified atom stereocenters. The molecule has 2 amide bonds. The summed E-state index contributed by atoms with van der Waals surface area (Å²) in [6.45, 7) is 0.574. The fourth-order valence-corrected chi connectivity index (χ4v) is 7.54. The Balaban J connectivity index is 0.965. The van der Waals surface area contributed by atoms with Gasteiger partial charge in [-0.2, -0.15) is 0 Å². The van der Waals surface area contributed by atoms with Crippen LogP contribution in [0.5, 0.6) is 0 Å². The van der Waals surface area contributed by atoms with E-state index in [1.54, 1.807) is 11.3 Å². The van der Waals surface area contributed by atoms with E-state index in [9.17, 15) is 9.59 Å². The number of rotatable bonds is 7. The largest absolute Gasteiger partial charge is 0.356 e. The molecule has 2 aromatic heterocycles. The lowest BCUT2D eigenvalue weighted by Gasteiger charge is -2.55. The van der Waals surface area contributed by atoms with Crippen molar-refractivity contribution in [3.05, 3.63) is 42.0 Å². The fraction of sp³-hybridized carbons (Fsp3) is 0.500. The third-order valence-corrected chi connectivity index (χ3v) is 8.71. The number of anilines is 1. The summed E-state index contributed by atoms with van der Waals surface area (Å²) < 4.78 is 2.01. The number of carbonyl (C=O) groups excluding carboxylic acids is 2. The number of carbonyl (C=O) groups is 2. The third kappa shape index (κ3) is 4.07. The molecule has 0 aliphatic heterocycles. The summed E-state index contributed by atoms with van der Waals surface area (Å²) >= 11 is 1.61. The zero-order valence-electron chi connectivity index (χ0n) is 18.8. The first-order valence-electron chi connectivity index (χ1n) is 12.2. The van der Waals surface area contributed by atoms with Crippen LogP contribution in [0.25, 0.3) is 16.2 Å². The summed E-state index contributed by atoms with van der Waals surface area (Å²) in [5, 5.41) is 8.14. The molecule has 7 rings (SSSR count). The van der Waals surface area contributed by atoms with Gasteiger partial charge < -0.3 is 10.6 Å². The van der Waals surface area contributed by atoms with E-state index >= 15 is 0 Å². The molecule has 2 heterocycles. The van der Waals surface area contributed by atoms with Crippen LogP contribution < -0.4 is 10.6 Å². The Hall–Kier alpha value is -2.67. The first kappa shape index (κ1) is 20.9. The Morgan fingerprint density at radius 1 is 1.06 bits per heavy atom. The lowest BCUT2D eigenvalue weighted by molar-refractivity contribution is -0.146. The molecule has 0 spiro atoms. The number of nitrogens with zero attached hydrogens (tertiary/aromatic N) is 2. The summed E-state index contributed by atoms with van der Waals surface area (Å²) in [6.07, 6.45) is 12.3. The van der Waals surface area contributed by atoms with Crippen molar-refractivity contribution in [1.29, 1.82) is 0 Å². The predicted molar refractivity (Wildman–Crippen MR) is 130 cm³/mol. The van der Waals surface area contributed by atoms with E-state index < -0.39 is 0 Å². The van der Waals surface area contributed by atoms with Gasteiger partial charge in [-0.15, -0.1) is 11.3 Å². The van der Waals surface area contributed by atoms with Crippen molar-refractivity contribution in [3.8, 4) is 11.3 Å². The summed E-state index contributed by atoms with van der Waals surface area (Å²) in [7, 11) is 0. The Kier molecular flexibility index (Phi) is 5.24. The number of hydrogen-bond acceptors (Lipinski definition) is 4. The summed E-state index contributed by atoms with van der Waals surface area (Å²) in [5.74, 6) is 2.53. The predicted octanol–water partition coefficient (Wildman–Crippen LogP) is 5.11. The number of imidazole rings is 1. The molecular weight excluding hydrogens is 432 g/mol. The second-order valence-corrected chi connectivity index (χ2v) is 11.3. The van der Waals surface area contributed by atoms with E-state index in [0.717, 1.165) is 58.9 Å². The minimum absolute atomic E-state index is 0.0192. The zero-order chi connectivity index (χ0) is 22.4. The smallest absolute Gasteiger partial charge is 0.226 e. The monoisotopic (exact) mass is 462 g/mol. The lowest BCUT2D eigenvalue weighted by Crippen LogP contribution is -2.53. The standard InChI is InChI=1S/C26H30N4O2S/c31-23(28-21-5-3-20(4-6-21)22-16-30-8-9-33-25(30)29-22)2-1-7-27-24(32)26-13-17-10-18(14-26)12-19(11-17)15-26/h3-6,8-9,16-19H,1-2,7,10-15H2,(H,27,32)(H,28,31). The van der Waals surface area contributed by atoms with Crippen molar-refractivity contribution in [1.82, 2.24) is 14.7 Å². The molecule has 6 nitrogen and oxygen atoms in total. The summed E-state index contributed by atoms with van der Waals surface area (Å²) in [4.78, 5) is 31.0. The van der Waals surface area contributed by atoms with Crippen molar-refractivity contribution in [2.24, 2.45) is 23.2 Å². The van der Waals surface area contributed by atoms with Gasteiger partial charge in [-0.1, -0.05) is 12.1 Å². The zero-order valence-corrected chi connectivity index (χ0v) is 19.6. The van der Waals surface area contributed by atoms with Gasteiger partial charge in [-0.05, 0) is 74.8 Å². The Morgan fingerprint density at radius 3 is 2.42 bits per heavy atom. The van der Waals surface area contributed by atoms with Gasteiger partial charge in [0.1, 0.15) is 0 Å². The molecule has 4 fully saturated rings. The van der Waals surface area contributed by atoms with Crippen LogP contribution in [0.1, 0.15) is 51.4 Å². The maximum atomic E-state index is 13.0. The quantitative estimate of drug-likeness (QED) is 0.479. The Morgan fingerprint density at radius 2 is 1.76 bits per heavy atom. The van der Waals surface area contributed by atoms with Gasteiger partial charge in [-0.25, -0.2) is 4.98 Å². The first-order chi connectivity index (χ1) is 16.1. The number of aromatic nitrogens is 2. The molecule has 1 aromatic carbocycles. The van der Waals surface area contributed by atoms with Crippen molar-refractivity contribution in [3.63, 3.8) is 0 Å². The van der Waals surface area contributed by atoms with Gasteiger partial charge in [0.05, 0.1) is 5.69 Å². The number of nitrogens with one attached hydrogen (secondary N) is 2. The summed E-state index contributed by atoms with van der Waals surface area (Å²) in [5.41, 5.74) is 2.62. The number of hydrogen-bond donors (Lipinski definition) is 2. The molecule has 33 heavy (non-hydrogen) atoms. The van der Waals surface area contributed by atoms with E-state index in [1.165, 1.54) is 19.3 Å².